The fourth-order valence-corrected chi connectivity index (χ4v) is 3.79. The van der Waals surface area contributed by atoms with Crippen LogP contribution < -0.4 is 11.3 Å². The molecule has 3 aromatic rings. The standard InChI is InChI=1S/C13H11N3O2S2/c14-16-12(17)8-5-6-18-10(8)7-19-13-15-9-3-1-2-4-11(9)20-13/h1-6H,7,14H2,(H,16,17). The predicted molar refractivity (Wildman–Crippen MR) is 79.5 cm³/mol. The first-order valence-corrected chi connectivity index (χ1v) is 7.64. The maximum Gasteiger partial charge on any atom is 0.268 e. The highest BCUT2D eigenvalue weighted by Gasteiger charge is 2.14. The molecule has 0 atom stereocenters. The van der Waals surface area contributed by atoms with Crippen molar-refractivity contribution in [2.45, 2.75) is 10.1 Å². The molecule has 0 unspecified atom stereocenters. The number of nitrogens with zero attached hydrogens (tertiary/aromatic N) is 1. The number of fused-ring (bicyclic) bond motifs is 1. The van der Waals surface area contributed by atoms with E-state index in [9.17, 15) is 4.79 Å². The molecule has 20 heavy (non-hydrogen) atoms. The van der Waals surface area contributed by atoms with Gasteiger partial charge >= 0.3 is 0 Å². The Kier molecular flexibility index (Phi) is 3.72. The van der Waals surface area contributed by atoms with Crippen molar-refractivity contribution in [2.24, 2.45) is 5.84 Å². The lowest BCUT2D eigenvalue weighted by Gasteiger charge is -1.99. The van der Waals surface area contributed by atoms with Crippen LogP contribution in [0.2, 0.25) is 0 Å². The average Bonchev–Trinajstić information content (AvgIpc) is 3.10. The van der Waals surface area contributed by atoms with Gasteiger partial charge in [0.05, 0.1) is 27.8 Å². The van der Waals surface area contributed by atoms with Gasteiger partial charge in [-0.1, -0.05) is 23.9 Å². The highest BCUT2D eigenvalue weighted by atomic mass is 32.2. The Morgan fingerprint density at radius 2 is 2.25 bits per heavy atom. The summed E-state index contributed by atoms with van der Waals surface area (Å²) < 4.78 is 7.42. The van der Waals surface area contributed by atoms with E-state index in [1.807, 2.05) is 24.3 Å². The molecule has 102 valence electrons. The molecule has 0 bridgehead atoms. The minimum Gasteiger partial charge on any atom is -0.468 e. The van der Waals surface area contributed by atoms with Gasteiger partial charge in [0.25, 0.3) is 5.91 Å². The summed E-state index contributed by atoms with van der Waals surface area (Å²) in [5, 5.41) is 0. The van der Waals surface area contributed by atoms with Crippen LogP contribution in [0.25, 0.3) is 10.2 Å². The Balaban J connectivity index is 1.76. The molecule has 5 nitrogen and oxygen atoms in total. The number of carbonyl (C=O) groups excluding carboxylic acids is 1. The van der Waals surface area contributed by atoms with Crippen LogP contribution in [0.5, 0.6) is 0 Å². The first-order chi connectivity index (χ1) is 9.78. The molecule has 1 aromatic carbocycles. The van der Waals surface area contributed by atoms with E-state index in [-0.39, 0.29) is 5.91 Å². The zero-order chi connectivity index (χ0) is 13.9. The fraction of sp³-hybridized carbons (Fsp3) is 0.0769. The van der Waals surface area contributed by atoms with E-state index in [0.717, 1.165) is 14.6 Å². The summed E-state index contributed by atoms with van der Waals surface area (Å²) in [6.45, 7) is 0. The third kappa shape index (κ3) is 2.55. The number of nitrogens with one attached hydrogen (secondary N) is 1. The van der Waals surface area contributed by atoms with Crippen molar-refractivity contribution >= 4 is 39.2 Å². The van der Waals surface area contributed by atoms with Crippen molar-refractivity contribution in [1.82, 2.24) is 10.4 Å². The normalized spacial score (nSPS) is 10.8. The first kappa shape index (κ1) is 13.2. The largest absolute Gasteiger partial charge is 0.468 e. The van der Waals surface area contributed by atoms with Gasteiger partial charge in [-0.3, -0.25) is 10.2 Å². The molecule has 2 aromatic heterocycles. The quantitative estimate of drug-likeness (QED) is 0.335. The van der Waals surface area contributed by atoms with E-state index in [4.69, 9.17) is 10.3 Å². The zero-order valence-corrected chi connectivity index (χ0v) is 12.0. The summed E-state index contributed by atoms with van der Waals surface area (Å²) in [6.07, 6.45) is 1.48. The maximum atomic E-state index is 11.5. The van der Waals surface area contributed by atoms with Crippen molar-refractivity contribution < 1.29 is 9.21 Å². The molecule has 0 fully saturated rings. The minimum absolute atomic E-state index is 0.348. The van der Waals surface area contributed by atoms with Crippen molar-refractivity contribution in [3.63, 3.8) is 0 Å². The van der Waals surface area contributed by atoms with Crippen molar-refractivity contribution in [2.75, 3.05) is 0 Å². The summed E-state index contributed by atoms with van der Waals surface area (Å²) >= 11 is 3.16. The number of benzene rings is 1. The molecule has 0 aliphatic heterocycles. The van der Waals surface area contributed by atoms with Gasteiger partial charge in [-0.15, -0.1) is 11.3 Å². The number of hydrogen-bond acceptors (Lipinski definition) is 6. The predicted octanol–water partition coefficient (Wildman–Crippen LogP) is 2.79. The van der Waals surface area contributed by atoms with Crippen LogP contribution >= 0.6 is 23.1 Å². The Morgan fingerprint density at radius 3 is 3.05 bits per heavy atom. The summed E-state index contributed by atoms with van der Waals surface area (Å²) in [7, 11) is 0. The second kappa shape index (κ2) is 5.66. The average molecular weight is 305 g/mol. The lowest BCUT2D eigenvalue weighted by atomic mass is 10.2. The van der Waals surface area contributed by atoms with Gasteiger partial charge in [0.2, 0.25) is 0 Å². The van der Waals surface area contributed by atoms with Crippen LogP contribution in [0.4, 0.5) is 0 Å². The number of hydrazine groups is 1. The SMILES string of the molecule is NNC(=O)c1ccoc1CSc1nc2ccccc2s1. The second-order valence-electron chi connectivity index (χ2n) is 3.97. The monoisotopic (exact) mass is 305 g/mol. The number of nitrogen functional groups attached to an aromatic ring is 1. The minimum atomic E-state index is -0.348. The molecule has 7 heteroatoms. The van der Waals surface area contributed by atoms with E-state index >= 15 is 0 Å². The summed E-state index contributed by atoms with van der Waals surface area (Å²) in [5.74, 6) is 5.92. The van der Waals surface area contributed by atoms with Gasteiger partial charge in [-0.25, -0.2) is 10.8 Å². The Hall–Kier alpha value is -1.83. The molecule has 0 radical (unpaired) electrons. The first-order valence-electron chi connectivity index (χ1n) is 5.83. The van der Waals surface area contributed by atoms with Gasteiger partial charge in [-0.05, 0) is 18.2 Å². The number of thioether (sulfide) groups is 1. The molecule has 3 rings (SSSR count). The number of rotatable bonds is 4. The lowest BCUT2D eigenvalue weighted by Crippen LogP contribution is -2.30. The molecule has 1 amide bonds. The smallest absolute Gasteiger partial charge is 0.268 e. The number of para-hydroxylation sites is 1. The molecule has 0 aliphatic rings. The van der Waals surface area contributed by atoms with E-state index in [1.165, 1.54) is 18.0 Å². The van der Waals surface area contributed by atoms with E-state index < -0.39 is 0 Å². The van der Waals surface area contributed by atoms with Gasteiger partial charge in [0.1, 0.15) is 5.76 Å². The third-order valence-corrected chi connectivity index (χ3v) is 4.90. The van der Waals surface area contributed by atoms with E-state index in [2.05, 4.69) is 10.4 Å². The molecule has 2 heterocycles. The maximum absolute atomic E-state index is 11.5. The van der Waals surface area contributed by atoms with Crippen molar-refractivity contribution in [3.8, 4) is 0 Å². The number of nitrogens with two attached hydrogens (primary N) is 1. The number of hydrogen-bond donors (Lipinski definition) is 2. The summed E-state index contributed by atoms with van der Waals surface area (Å²) in [4.78, 5) is 16.1. The summed E-state index contributed by atoms with van der Waals surface area (Å²) in [5.41, 5.74) is 3.55. The molecular weight excluding hydrogens is 294 g/mol. The zero-order valence-electron chi connectivity index (χ0n) is 10.3. The van der Waals surface area contributed by atoms with Gasteiger partial charge in [0, 0.05) is 0 Å². The second-order valence-corrected chi connectivity index (χ2v) is 6.22. The van der Waals surface area contributed by atoms with Crippen LogP contribution in [-0.4, -0.2) is 10.9 Å². The van der Waals surface area contributed by atoms with E-state index in [0.29, 0.717) is 17.1 Å². The van der Waals surface area contributed by atoms with Gasteiger partial charge in [-0.2, -0.15) is 0 Å². The highest BCUT2D eigenvalue weighted by Crippen LogP contribution is 2.32. The molecule has 0 spiro atoms. The Bertz CT molecular complexity index is 718. The number of aromatic nitrogens is 1. The van der Waals surface area contributed by atoms with Crippen LogP contribution in [0.15, 0.2) is 45.4 Å². The number of furan rings is 1. The Labute approximate surface area is 123 Å². The third-order valence-electron chi connectivity index (χ3n) is 2.72. The summed E-state index contributed by atoms with van der Waals surface area (Å²) in [6, 6.07) is 9.58. The topological polar surface area (TPSA) is 81.1 Å². The molecule has 0 aliphatic carbocycles. The van der Waals surface area contributed by atoms with Crippen molar-refractivity contribution in [1.29, 1.82) is 0 Å². The van der Waals surface area contributed by atoms with Gasteiger partial charge in [0.15, 0.2) is 4.34 Å². The van der Waals surface area contributed by atoms with Crippen LogP contribution in [0, 0.1) is 0 Å². The fourth-order valence-electron chi connectivity index (χ4n) is 1.77. The molecule has 3 N–H and O–H groups in total. The Morgan fingerprint density at radius 1 is 1.40 bits per heavy atom. The van der Waals surface area contributed by atoms with Crippen LogP contribution in [0.3, 0.4) is 0 Å². The van der Waals surface area contributed by atoms with Crippen molar-refractivity contribution in [3.05, 3.63) is 47.9 Å². The molecule has 0 saturated carbocycles. The molecule has 0 saturated heterocycles. The highest BCUT2D eigenvalue weighted by molar-refractivity contribution is 8.00. The van der Waals surface area contributed by atoms with E-state index in [1.54, 1.807) is 17.4 Å². The number of carbonyl (C=O) groups is 1. The molecular formula is C13H11N3O2S2. The van der Waals surface area contributed by atoms with Gasteiger partial charge < -0.3 is 4.42 Å². The van der Waals surface area contributed by atoms with Crippen LogP contribution in [-0.2, 0) is 5.75 Å². The number of thiazole rings is 1. The van der Waals surface area contributed by atoms with Crippen LogP contribution in [0.1, 0.15) is 16.1 Å². The lowest BCUT2D eigenvalue weighted by molar-refractivity contribution is 0.0952. The number of amides is 1.